The number of carbonyl (C=O) groups is 2. The Hall–Kier alpha value is -1.06. The number of hydrogen-bond acceptors (Lipinski definition) is 2. The molecule has 0 fully saturated rings. The zero-order valence-corrected chi connectivity index (χ0v) is 7.43. The predicted octanol–water partition coefficient (Wildman–Crippen LogP) is 0.0388. The molecule has 0 aliphatic rings. The summed E-state index contributed by atoms with van der Waals surface area (Å²) in [6, 6.07) is 0. The van der Waals surface area contributed by atoms with Crippen molar-refractivity contribution in [2.45, 2.75) is 26.2 Å². The van der Waals surface area contributed by atoms with E-state index in [0.29, 0.717) is 13.0 Å². The Morgan fingerprint density at radius 2 is 2.17 bits per heavy atom. The Balaban J connectivity index is 3.13. The SMILES string of the molecule is CCCCCNC(=O)CNC=O. The van der Waals surface area contributed by atoms with Crippen LogP contribution in [0, 0.1) is 0 Å². The molecule has 0 bridgehead atoms. The first-order chi connectivity index (χ1) is 5.81. The van der Waals surface area contributed by atoms with Gasteiger partial charge in [-0.3, -0.25) is 9.59 Å². The highest BCUT2D eigenvalue weighted by Crippen LogP contribution is 1.90. The van der Waals surface area contributed by atoms with Gasteiger partial charge in [0.1, 0.15) is 0 Å². The molecule has 0 saturated heterocycles. The molecule has 0 aromatic carbocycles. The Morgan fingerprint density at radius 1 is 1.42 bits per heavy atom. The Kier molecular flexibility index (Phi) is 7.33. The molecule has 4 nitrogen and oxygen atoms in total. The summed E-state index contributed by atoms with van der Waals surface area (Å²) in [5.74, 6) is -0.127. The van der Waals surface area contributed by atoms with Crippen molar-refractivity contribution < 1.29 is 9.59 Å². The van der Waals surface area contributed by atoms with E-state index >= 15 is 0 Å². The van der Waals surface area contributed by atoms with Crippen molar-refractivity contribution in [1.82, 2.24) is 10.6 Å². The maximum Gasteiger partial charge on any atom is 0.239 e. The number of carbonyl (C=O) groups excluding carboxylic acids is 2. The van der Waals surface area contributed by atoms with Crippen molar-refractivity contribution >= 4 is 12.3 Å². The molecular weight excluding hydrogens is 156 g/mol. The van der Waals surface area contributed by atoms with E-state index < -0.39 is 0 Å². The first kappa shape index (κ1) is 10.9. The third-order valence-electron chi connectivity index (χ3n) is 1.45. The molecule has 12 heavy (non-hydrogen) atoms. The molecule has 0 spiro atoms. The molecule has 0 rings (SSSR count). The third kappa shape index (κ3) is 7.05. The normalized spacial score (nSPS) is 9.08. The zero-order chi connectivity index (χ0) is 9.23. The van der Waals surface area contributed by atoms with Gasteiger partial charge < -0.3 is 10.6 Å². The van der Waals surface area contributed by atoms with Crippen LogP contribution in [-0.4, -0.2) is 25.4 Å². The fourth-order valence-corrected chi connectivity index (χ4v) is 0.800. The molecule has 0 unspecified atom stereocenters. The van der Waals surface area contributed by atoms with E-state index in [1.54, 1.807) is 0 Å². The second kappa shape index (κ2) is 8.04. The minimum absolute atomic E-state index is 0.0790. The summed E-state index contributed by atoms with van der Waals surface area (Å²) >= 11 is 0. The minimum atomic E-state index is -0.127. The van der Waals surface area contributed by atoms with Gasteiger partial charge in [-0.25, -0.2) is 0 Å². The minimum Gasteiger partial charge on any atom is -0.355 e. The van der Waals surface area contributed by atoms with Crippen LogP contribution in [0.15, 0.2) is 0 Å². The van der Waals surface area contributed by atoms with E-state index in [0.717, 1.165) is 19.3 Å². The van der Waals surface area contributed by atoms with Gasteiger partial charge in [-0.2, -0.15) is 0 Å². The number of nitrogens with one attached hydrogen (secondary N) is 2. The van der Waals surface area contributed by atoms with Crippen LogP contribution in [0.4, 0.5) is 0 Å². The Morgan fingerprint density at radius 3 is 2.75 bits per heavy atom. The number of unbranched alkanes of at least 4 members (excludes halogenated alkanes) is 2. The van der Waals surface area contributed by atoms with Crippen molar-refractivity contribution in [2.75, 3.05) is 13.1 Å². The van der Waals surface area contributed by atoms with Crippen LogP contribution < -0.4 is 10.6 Å². The van der Waals surface area contributed by atoms with E-state index in [-0.39, 0.29) is 12.5 Å². The molecule has 0 heterocycles. The quantitative estimate of drug-likeness (QED) is 0.421. The van der Waals surface area contributed by atoms with Gasteiger partial charge in [-0.1, -0.05) is 19.8 Å². The highest BCUT2D eigenvalue weighted by Gasteiger charge is 1.96. The lowest BCUT2D eigenvalue weighted by atomic mass is 10.2. The van der Waals surface area contributed by atoms with Gasteiger partial charge in [-0.05, 0) is 6.42 Å². The summed E-state index contributed by atoms with van der Waals surface area (Å²) in [4.78, 5) is 20.6. The monoisotopic (exact) mass is 172 g/mol. The molecule has 4 heteroatoms. The maximum absolute atomic E-state index is 10.8. The Labute approximate surface area is 72.7 Å². The van der Waals surface area contributed by atoms with Crippen LogP contribution in [0.2, 0.25) is 0 Å². The zero-order valence-electron chi connectivity index (χ0n) is 7.43. The summed E-state index contributed by atoms with van der Waals surface area (Å²) < 4.78 is 0. The second-order valence-corrected chi connectivity index (χ2v) is 2.56. The van der Waals surface area contributed by atoms with Crippen molar-refractivity contribution in [1.29, 1.82) is 0 Å². The van der Waals surface area contributed by atoms with Gasteiger partial charge in [0.25, 0.3) is 0 Å². The molecular formula is C8H16N2O2. The summed E-state index contributed by atoms with van der Waals surface area (Å²) in [6.07, 6.45) is 3.79. The first-order valence-electron chi connectivity index (χ1n) is 4.25. The number of rotatable bonds is 7. The van der Waals surface area contributed by atoms with Crippen molar-refractivity contribution in [3.05, 3.63) is 0 Å². The summed E-state index contributed by atoms with van der Waals surface area (Å²) in [7, 11) is 0. The highest BCUT2D eigenvalue weighted by atomic mass is 16.2. The lowest BCUT2D eigenvalue weighted by molar-refractivity contribution is -0.122. The van der Waals surface area contributed by atoms with Gasteiger partial charge in [0, 0.05) is 6.54 Å². The van der Waals surface area contributed by atoms with Gasteiger partial charge in [0.15, 0.2) is 0 Å². The molecule has 0 atom stereocenters. The standard InChI is InChI=1S/C8H16N2O2/c1-2-3-4-5-10-8(12)6-9-7-11/h7H,2-6H2,1H3,(H,9,11)(H,10,12). The fraction of sp³-hybridized carbons (Fsp3) is 0.750. The van der Waals surface area contributed by atoms with Crippen LogP contribution in [0.1, 0.15) is 26.2 Å². The molecule has 2 N–H and O–H groups in total. The molecule has 0 aromatic rings. The second-order valence-electron chi connectivity index (χ2n) is 2.56. The van der Waals surface area contributed by atoms with Gasteiger partial charge in [0.05, 0.1) is 6.54 Å². The van der Waals surface area contributed by atoms with Gasteiger partial charge in [-0.15, -0.1) is 0 Å². The van der Waals surface area contributed by atoms with Gasteiger partial charge >= 0.3 is 0 Å². The van der Waals surface area contributed by atoms with E-state index in [1.165, 1.54) is 0 Å². The average molecular weight is 172 g/mol. The van der Waals surface area contributed by atoms with Crippen LogP contribution >= 0.6 is 0 Å². The number of amides is 2. The smallest absolute Gasteiger partial charge is 0.239 e. The molecule has 2 amide bonds. The number of hydrogen-bond donors (Lipinski definition) is 2. The molecule has 0 saturated carbocycles. The van der Waals surface area contributed by atoms with Crippen LogP contribution in [-0.2, 0) is 9.59 Å². The van der Waals surface area contributed by atoms with Crippen molar-refractivity contribution in [3.8, 4) is 0 Å². The lowest BCUT2D eigenvalue weighted by Crippen LogP contribution is -2.33. The van der Waals surface area contributed by atoms with Crippen LogP contribution in [0.25, 0.3) is 0 Å². The van der Waals surface area contributed by atoms with Crippen LogP contribution in [0.5, 0.6) is 0 Å². The highest BCUT2D eigenvalue weighted by molar-refractivity contribution is 5.79. The molecule has 70 valence electrons. The van der Waals surface area contributed by atoms with Crippen molar-refractivity contribution in [3.63, 3.8) is 0 Å². The van der Waals surface area contributed by atoms with Crippen molar-refractivity contribution in [2.24, 2.45) is 0 Å². The summed E-state index contributed by atoms with van der Waals surface area (Å²) in [6.45, 7) is 2.89. The molecule has 0 aromatic heterocycles. The molecule has 0 aliphatic heterocycles. The molecule has 0 aliphatic carbocycles. The molecule has 0 radical (unpaired) electrons. The third-order valence-corrected chi connectivity index (χ3v) is 1.45. The Bertz CT molecular complexity index is 137. The van der Waals surface area contributed by atoms with Crippen LogP contribution in [0.3, 0.4) is 0 Å². The largest absolute Gasteiger partial charge is 0.355 e. The topological polar surface area (TPSA) is 58.2 Å². The summed E-state index contributed by atoms with van der Waals surface area (Å²) in [5.41, 5.74) is 0. The van der Waals surface area contributed by atoms with E-state index in [2.05, 4.69) is 17.6 Å². The average Bonchev–Trinajstić information content (AvgIpc) is 2.09. The fourth-order valence-electron chi connectivity index (χ4n) is 0.800. The summed E-state index contributed by atoms with van der Waals surface area (Å²) in [5, 5.41) is 4.99. The van der Waals surface area contributed by atoms with E-state index in [1.807, 2.05) is 0 Å². The van der Waals surface area contributed by atoms with E-state index in [9.17, 15) is 9.59 Å². The lowest BCUT2D eigenvalue weighted by Gasteiger charge is -2.02. The maximum atomic E-state index is 10.8. The van der Waals surface area contributed by atoms with E-state index in [4.69, 9.17) is 0 Å². The van der Waals surface area contributed by atoms with Gasteiger partial charge in [0.2, 0.25) is 12.3 Å². The first-order valence-corrected chi connectivity index (χ1v) is 4.25. The predicted molar refractivity (Wildman–Crippen MR) is 46.6 cm³/mol.